The Kier molecular flexibility index (Phi) is 4.90. The van der Waals surface area contributed by atoms with Crippen LogP contribution in [0, 0.1) is 0 Å². The second-order valence-corrected chi connectivity index (χ2v) is 7.31. The molecular formula is C14H23NOS. The summed E-state index contributed by atoms with van der Waals surface area (Å²) in [6.07, 6.45) is 1.05. The maximum Gasteiger partial charge on any atom is 0.0975 e. The SMILES string of the molecule is CCc1ccc(C(C)NS(=O)C(C)(C)C)cc1. The van der Waals surface area contributed by atoms with Gasteiger partial charge in [-0.3, -0.25) is 0 Å². The Morgan fingerprint density at radius 1 is 1.24 bits per heavy atom. The van der Waals surface area contributed by atoms with Gasteiger partial charge in [0.25, 0.3) is 0 Å². The molecule has 0 spiro atoms. The predicted octanol–water partition coefficient (Wildman–Crippen LogP) is 3.36. The maximum atomic E-state index is 12.0. The zero-order valence-electron chi connectivity index (χ0n) is 11.4. The molecule has 1 aromatic carbocycles. The third kappa shape index (κ3) is 4.25. The second-order valence-electron chi connectivity index (χ2n) is 5.32. The average Bonchev–Trinajstić information content (AvgIpc) is 2.27. The van der Waals surface area contributed by atoms with Crippen LogP contribution in [0.1, 0.15) is 51.8 Å². The van der Waals surface area contributed by atoms with Gasteiger partial charge in [-0.1, -0.05) is 31.2 Å². The van der Waals surface area contributed by atoms with Crippen LogP contribution in [0.4, 0.5) is 0 Å². The number of hydrogen-bond donors (Lipinski definition) is 1. The quantitative estimate of drug-likeness (QED) is 0.876. The Balaban J connectivity index is 2.70. The molecule has 0 aromatic heterocycles. The molecule has 96 valence electrons. The molecule has 1 rings (SSSR count). The summed E-state index contributed by atoms with van der Waals surface area (Å²) >= 11 is 0. The first-order valence-electron chi connectivity index (χ1n) is 6.11. The molecule has 0 heterocycles. The van der Waals surface area contributed by atoms with Crippen molar-refractivity contribution in [2.45, 2.75) is 51.8 Å². The van der Waals surface area contributed by atoms with Crippen molar-refractivity contribution in [3.8, 4) is 0 Å². The predicted molar refractivity (Wildman–Crippen MR) is 75.3 cm³/mol. The van der Waals surface area contributed by atoms with Crippen molar-refractivity contribution >= 4 is 11.0 Å². The van der Waals surface area contributed by atoms with Gasteiger partial charge in [-0.15, -0.1) is 0 Å². The first-order chi connectivity index (χ1) is 7.84. The summed E-state index contributed by atoms with van der Waals surface area (Å²) in [6.45, 7) is 10.1. The van der Waals surface area contributed by atoms with Crippen LogP contribution in [0.5, 0.6) is 0 Å². The minimum absolute atomic E-state index is 0.112. The molecule has 0 bridgehead atoms. The normalized spacial score (nSPS) is 15.6. The van der Waals surface area contributed by atoms with Gasteiger partial charge in [-0.25, -0.2) is 8.93 Å². The van der Waals surface area contributed by atoms with Crippen LogP contribution in [0.2, 0.25) is 0 Å². The molecule has 0 aliphatic rings. The van der Waals surface area contributed by atoms with Crippen molar-refractivity contribution in [3.63, 3.8) is 0 Å². The lowest BCUT2D eigenvalue weighted by Crippen LogP contribution is -2.34. The molecule has 2 nitrogen and oxygen atoms in total. The van der Waals surface area contributed by atoms with Gasteiger partial charge in [-0.2, -0.15) is 0 Å². The van der Waals surface area contributed by atoms with Gasteiger partial charge in [0.1, 0.15) is 0 Å². The average molecular weight is 253 g/mol. The van der Waals surface area contributed by atoms with E-state index in [1.165, 1.54) is 11.1 Å². The summed E-state index contributed by atoms with van der Waals surface area (Å²) in [6, 6.07) is 8.59. The minimum Gasteiger partial charge on any atom is -0.242 e. The Morgan fingerprint density at radius 3 is 2.18 bits per heavy atom. The van der Waals surface area contributed by atoms with E-state index < -0.39 is 11.0 Å². The molecule has 0 saturated carbocycles. The summed E-state index contributed by atoms with van der Waals surface area (Å²) in [5.41, 5.74) is 2.51. The number of benzene rings is 1. The summed E-state index contributed by atoms with van der Waals surface area (Å²) in [7, 11) is -1.03. The van der Waals surface area contributed by atoms with Gasteiger partial charge in [0.05, 0.1) is 15.7 Å². The van der Waals surface area contributed by atoms with Gasteiger partial charge in [0.15, 0.2) is 0 Å². The fourth-order valence-electron chi connectivity index (χ4n) is 1.45. The molecule has 17 heavy (non-hydrogen) atoms. The van der Waals surface area contributed by atoms with Crippen LogP contribution in [0.15, 0.2) is 24.3 Å². The summed E-state index contributed by atoms with van der Waals surface area (Å²) in [4.78, 5) is 0. The molecule has 0 amide bonds. The van der Waals surface area contributed by atoms with Crippen molar-refractivity contribution in [2.24, 2.45) is 0 Å². The van der Waals surface area contributed by atoms with Gasteiger partial charge >= 0.3 is 0 Å². The van der Waals surface area contributed by atoms with E-state index in [0.717, 1.165) is 6.42 Å². The van der Waals surface area contributed by atoms with Crippen LogP contribution in [0.25, 0.3) is 0 Å². The Morgan fingerprint density at radius 2 is 1.76 bits per heavy atom. The van der Waals surface area contributed by atoms with E-state index in [9.17, 15) is 4.21 Å². The van der Waals surface area contributed by atoms with Gasteiger partial charge in [0, 0.05) is 6.04 Å². The molecule has 3 heteroatoms. The molecule has 0 radical (unpaired) electrons. The Labute approximate surface area is 107 Å². The van der Waals surface area contributed by atoms with E-state index >= 15 is 0 Å². The van der Waals surface area contributed by atoms with Crippen LogP contribution < -0.4 is 4.72 Å². The van der Waals surface area contributed by atoms with E-state index in [0.29, 0.717) is 0 Å². The topological polar surface area (TPSA) is 29.1 Å². The summed E-state index contributed by atoms with van der Waals surface area (Å²) in [5, 5.41) is 0. The number of hydrogen-bond acceptors (Lipinski definition) is 1. The Bertz CT molecular complexity index is 378. The number of nitrogens with one attached hydrogen (secondary N) is 1. The molecule has 0 aliphatic carbocycles. The molecular weight excluding hydrogens is 230 g/mol. The lowest BCUT2D eigenvalue weighted by Gasteiger charge is -2.22. The van der Waals surface area contributed by atoms with Crippen molar-refractivity contribution in [2.75, 3.05) is 0 Å². The van der Waals surface area contributed by atoms with Crippen LogP contribution in [-0.4, -0.2) is 8.96 Å². The van der Waals surface area contributed by atoms with Crippen molar-refractivity contribution in [1.29, 1.82) is 0 Å². The molecule has 1 aromatic rings. The Hall–Kier alpha value is -0.670. The van der Waals surface area contributed by atoms with Gasteiger partial charge in [-0.05, 0) is 45.2 Å². The fourth-order valence-corrected chi connectivity index (χ4v) is 2.26. The third-order valence-electron chi connectivity index (χ3n) is 2.73. The van der Waals surface area contributed by atoms with Crippen molar-refractivity contribution in [3.05, 3.63) is 35.4 Å². The van der Waals surface area contributed by atoms with E-state index in [2.05, 4.69) is 35.9 Å². The number of rotatable bonds is 4. The molecule has 0 fully saturated rings. The van der Waals surface area contributed by atoms with Gasteiger partial charge < -0.3 is 0 Å². The molecule has 2 unspecified atom stereocenters. The highest BCUT2D eigenvalue weighted by molar-refractivity contribution is 7.84. The zero-order chi connectivity index (χ0) is 13.1. The van der Waals surface area contributed by atoms with Crippen molar-refractivity contribution in [1.82, 2.24) is 4.72 Å². The second kappa shape index (κ2) is 5.78. The first kappa shape index (κ1) is 14.4. The van der Waals surface area contributed by atoms with Gasteiger partial charge in [0.2, 0.25) is 0 Å². The summed E-state index contributed by atoms with van der Waals surface area (Å²) in [5.74, 6) is 0. The van der Waals surface area contributed by atoms with E-state index in [4.69, 9.17) is 0 Å². The van der Waals surface area contributed by atoms with E-state index in [-0.39, 0.29) is 10.8 Å². The highest BCUT2D eigenvalue weighted by Gasteiger charge is 2.21. The van der Waals surface area contributed by atoms with Crippen LogP contribution in [-0.2, 0) is 17.4 Å². The highest BCUT2D eigenvalue weighted by atomic mass is 32.2. The lowest BCUT2D eigenvalue weighted by molar-refractivity contribution is 0.616. The smallest absolute Gasteiger partial charge is 0.0975 e. The fraction of sp³-hybridized carbons (Fsp3) is 0.571. The monoisotopic (exact) mass is 253 g/mol. The lowest BCUT2D eigenvalue weighted by atomic mass is 10.1. The molecule has 0 saturated heterocycles. The standard InChI is InChI=1S/C14H23NOS/c1-6-12-7-9-13(10-8-12)11(2)15-17(16)14(3,4)5/h7-11,15H,6H2,1-5H3. The zero-order valence-corrected chi connectivity index (χ0v) is 12.2. The molecule has 0 aliphatic heterocycles. The number of aryl methyl sites for hydroxylation is 1. The van der Waals surface area contributed by atoms with Crippen LogP contribution >= 0.6 is 0 Å². The molecule has 1 N–H and O–H groups in total. The van der Waals surface area contributed by atoms with Crippen molar-refractivity contribution < 1.29 is 4.21 Å². The van der Waals surface area contributed by atoms with E-state index in [1.807, 2.05) is 27.7 Å². The maximum absolute atomic E-state index is 12.0. The highest BCUT2D eigenvalue weighted by Crippen LogP contribution is 2.17. The van der Waals surface area contributed by atoms with Crippen LogP contribution in [0.3, 0.4) is 0 Å². The third-order valence-corrected chi connectivity index (χ3v) is 4.41. The summed E-state index contributed by atoms with van der Waals surface area (Å²) < 4.78 is 14.9. The minimum atomic E-state index is -1.03. The molecule has 2 atom stereocenters. The first-order valence-corrected chi connectivity index (χ1v) is 7.26. The van der Waals surface area contributed by atoms with E-state index in [1.54, 1.807) is 0 Å². The largest absolute Gasteiger partial charge is 0.242 e.